The van der Waals surface area contributed by atoms with Gasteiger partial charge in [-0.2, -0.15) is 5.10 Å². The molecule has 1 heterocycles. The fourth-order valence-corrected chi connectivity index (χ4v) is 4.26. The molecule has 3 aromatic rings. The van der Waals surface area contributed by atoms with E-state index in [1.807, 2.05) is 68.7 Å². The van der Waals surface area contributed by atoms with Crippen LogP contribution in [-0.4, -0.2) is 30.7 Å². The van der Waals surface area contributed by atoms with Crippen LogP contribution in [0.25, 0.3) is 0 Å². The van der Waals surface area contributed by atoms with Crippen molar-refractivity contribution in [3.63, 3.8) is 0 Å². The third-order valence-corrected chi connectivity index (χ3v) is 6.39. The fraction of sp³-hybridized carbons (Fsp3) is 0.167. The van der Waals surface area contributed by atoms with E-state index in [2.05, 4.69) is 55.0 Å². The summed E-state index contributed by atoms with van der Waals surface area (Å²) in [7, 11) is 4.03. The highest BCUT2D eigenvalue weighted by Gasteiger charge is 2.34. The number of amides is 1. The predicted molar refractivity (Wildman–Crippen MR) is 129 cm³/mol. The van der Waals surface area contributed by atoms with Crippen LogP contribution in [0.3, 0.4) is 0 Å². The first kappa shape index (κ1) is 20.8. The summed E-state index contributed by atoms with van der Waals surface area (Å²) in [5.74, 6) is -0.117. The maximum absolute atomic E-state index is 13.4. The quantitative estimate of drug-likeness (QED) is 0.401. The molecule has 4 nitrogen and oxygen atoms in total. The normalized spacial score (nSPS) is 15.8. The number of hydrogen-bond acceptors (Lipinski definition) is 3. The van der Waals surface area contributed by atoms with Crippen molar-refractivity contribution in [1.29, 1.82) is 0 Å². The molecule has 1 amide bonds. The van der Waals surface area contributed by atoms with Crippen molar-refractivity contribution in [2.24, 2.45) is 5.10 Å². The van der Waals surface area contributed by atoms with Gasteiger partial charge in [0.05, 0.1) is 17.3 Å². The van der Waals surface area contributed by atoms with E-state index in [9.17, 15) is 4.79 Å². The number of carbonyl (C=O) groups excluding carboxylic acids is 1. The molecule has 152 valence electrons. The molecule has 1 atom stereocenters. The third-order valence-electron chi connectivity index (χ3n) is 5.17. The zero-order valence-corrected chi connectivity index (χ0v) is 19.9. The molecular formula is C24H21Br2N3O. The maximum Gasteiger partial charge on any atom is 0.275 e. The summed E-state index contributed by atoms with van der Waals surface area (Å²) in [6.45, 7) is 0. The van der Waals surface area contributed by atoms with Gasteiger partial charge in [0.1, 0.15) is 0 Å². The van der Waals surface area contributed by atoms with Crippen LogP contribution in [-0.2, 0) is 0 Å². The topological polar surface area (TPSA) is 35.9 Å². The van der Waals surface area contributed by atoms with E-state index in [4.69, 9.17) is 5.10 Å². The van der Waals surface area contributed by atoms with Gasteiger partial charge in [0, 0.05) is 35.1 Å². The Kier molecular flexibility index (Phi) is 6.06. The van der Waals surface area contributed by atoms with Gasteiger partial charge in [-0.3, -0.25) is 4.79 Å². The third kappa shape index (κ3) is 4.20. The lowest BCUT2D eigenvalue weighted by molar-refractivity contribution is 0.0710. The van der Waals surface area contributed by atoms with Crippen LogP contribution in [0.5, 0.6) is 0 Å². The van der Waals surface area contributed by atoms with Crippen LogP contribution in [0, 0.1) is 0 Å². The maximum atomic E-state index is 13.4. The summed E-state index contributed by atoms with van der Waals surface area (Å²) < 4.78 is 1.77. The molecule has 0 bridgehead atoms. The molecule has 0 N–H and O–H groups in total. The summed E-state index contributed by atoms with van der Waals surface area (Å²) in [6, 6.07) is 23.7. The van der Waals surface area contributed by atoms with E-state index in [0.717, 1.165) is 31.5 Å². The van der Waals surface area contributed by atoms with Gasteiger partial charge in [-0.25, -0.2) is 5.01 Å². The number of nitrogens with zero attached hydrogens (tertiary/aromatic N) is 3. The summed E-state index contributed by atoms with van der Waals surface area (Å²) in [6.07, 6.45) is 0.661. The lowest BCUT2D eigenvalue weighted by Crippen LogP contribution is -2.27. The van der Waals surface area contributed by atoms with Crippen LogP contribution in [0.15, 0.2) is 86.8 Å². The fourth-order valence-electron chi connectivity index (χ4n) is 3.54. The summed E-state index contributed by atoms with van der Waals surface area (Å²) in [5, 5.41) is 6.43. The highest BCUT2D eigenvalue weighted by Crippen LogP contribution is 2.35. The van der Waals surface area contributed by atoms with E-state index in [-0.39, 0.29) is 11.9 Å². The molecule has 0 unspecified atom stereocenters. The van der Waals surface area contributed by atoms with Gasteiger partial charge < -0.3 is 4.90 Å². The standard InChI is InChI=1S/C24H21Br2N3O/c1-28(2)19-7-5-6-17(14-19)22-15-23(16-10-12-18(25)13-11-16)29(27-22)24(30)20-8-3-4-9-21(20)26/h3-14,23H,15H2,1-2H3/t23-/m0/s1. The van der Waals surface area contributed by atoms with Crippen molar-refractivity contribution < 1.29 is 4.79 Å². The van der Waals surface area contributed by atoms with Gasteiger partial charge in [-0.05, 0) is 63.5 Å². The lowest BCUT2D eigenvalue weighted by atomic mass is 9.98. The number of halogens is 2. The Morgan fingerprint density at radius 1 is 1.00 bits per heavy atom. The minimum Gasteiger partial charge on any atom is -0.378 e. The molecule has 3 aromatic carbocycles. The zero-order chi connectivity index (χ0) is 21.3. The van der Waals surface area contributed by atoms with Gasteiger partial charge >= 0.3 is 0 Å². The zero-order valence-electron chi connectivity index (χ0n) is 16.7. The number of benzene rings is 3. The molecule has 0 fully saturated rings. The van der Waals surface area contributed by atoms with Crippen LogP contribution in [0.1, 0.15) is 33.9 Å². The largest absolute Gasteiger partial charge is 0.378 e. The molecule has 1 aliphatic heterocycles. The van der Waals surface area contributed by atoms with E-state index >= 15 is 0 Å². The van der Waals surface area contributed by atoms with Gasteiger partial charge in [0.25, 0.3) is 5.91 Å². The summed E-state index contributed by atoms with van der Waals surface area (Å²) in [5.41, 5.74) is 4.71. The second-order valence-electron chi connectivity index (χ2n) is 7.39. The Hall–Kier alpha value is -2.44. The molecule has 0 aromatic heterocycles. The van der Waals surface area contributed by atoms with Crippen molar-refractivity contribution in [1.82, 2.24) is 5.01 Å². The number of carbonyl (C=O) groups is 1. The monoisotopic (exact) mass is 525 g/mol. The predicted octanol–water partition coefficient (Wildman–Crippen LogP) is 6.27. The molecule has 0 saturated heterocycles. The summed E-state index contributed by atoms with van der Waals surface area (Å²) >= 11 is 7.00. The Bertz CT molecular complexity index is 1110. The molecule has 30 heavy (non-hydrogen) atoms. The van der Waals surface area contributed by atoms with Gasteiger partial charge in [0.15, 0.2) is 0 Å². The number of hydrazone groups is 1. The van der Waals surface area contributed by atoms with Crippen molar-refractivity contribution in [3.05, 3.63) is 98.4 Å². The van der Waals surface area contributed by atoms with E-state index in [1.54, 1.807) is 5.01 Å². The molecule has 1 aliphatic rings. The van der Waals surface area contributed by atoms with Crippen molar-refractivity contribution in [3.8, 4) is 0 Å². The van der Waals surface area contributed by atoms with E-state index in [0.29, 0.717) is 12.0 Å². The smallest absolute Gasteiger partial charge is 0.275 e. The molecule has 6 heteroatoms. The lowest BCUT2D eigenvalue weighted by Gasteiger charge is -2.22. The van der Waals surface area contributed by atoms with E-state index < -0.39 is 0 Å². The SMILES string of the molecule is CN(C)c1cccc(C2=NN(C(=O)c3ccccc3Br)[C@H](c3ccc(Br)cc3)C2)c1. The second-order valence-corrected chi connectivity index (χ2v) is 9.16. The Morgan fingerprint density at radius 3 is 2.43 bits per heavy atom. The first-order chi connectivity index (χ1) is 14.4. The molecule has 0 spiro atoms. The van der Waals surface area contributed by atoms with Crippen molar-refractivity contribution >= 4 is 49.2 Å². The van der Waals surface area contributed by atoms with Crippen LogP contribution in [0.2, 0.25) is 0 Å². The highest BCUT2D eigenvalue weighted by molar-refractivity contribution is 9.10. The van der Waals surface area contributed by atoms with Gasteiger partial charge in [0.2, 0.25) is 0 Å². The van der Waals surface area contributed by atoms with Gasteiger partial charge in [-0.15, -0.1) is 0 Å². The molecule has 0 radical (unpaired) electrons. The Balaban J connectivity index is 1.75. The molecular weight excluding hydrogens is 506 g/mol. The highest BCUT2D eigenvalue weighted by atomic mass is 79.9. The van der Waals surface area contributed by atoms with Crippen LogP contribution < -0.4 is 4.90 Å². The first-order valence-corrected chi connectivity index (χ1v) is 11.2. The number of rotatable bonds is 4. The Morgan fingerprint density at radius 2 is 1.73 bits per heavy atom. The average molecular weight is 527 g/mol. The second kappa shape index (κ2) is 8.74. The van der Waals surface area contributed by atoms with Crippen LogP contribution >= 0.6 is 31.9 Å². The minimum absolute atomic E-state index is 0.117. The molecule has 0 aliphatic carbocycles. The minimum atomic E-state index is -0.157. The van der Waals surface area contributed by atoms with Crippen molar-refractivity contribution in [2.75, 3.05) is 19.0 Å². The number of anilines is 1. The average Bonchev–Trinajstić information content (AvgIpc) is 3.20. The van der Waals surface area contributed by atoms with Crippen LogP contribution in [0.4, 0.5) is 5.69 Å². The van der Waals surface area contributed by atoms with Gasteiger partial charge in [-0.1, -0.05) is 52.3 Å². The first-order valence-electron chi connectivity index (χ1n) is 9.63. The van der Waals surface area contributed by atoms with E-state index in [1.165, 1.54) is 0 Å². The van der Waals surface area contributed by atoms with Crippen molar-refractivity contribution in [2.45, 2.75) is 12.5 Å². The molecule has 4 rings (SSSR count). The summed E-state index contributed by atoms with van der Waals surface area (Å²) in [4.78, 5) is 15.5. The molecule has 0 saturated carbocycles. The number of hydrogen-bond donors (Lipinski definition) is 0. The Labute approximate surface area is 193 Å².